The van der Waals surface area contributed by atoms with Crippen molar-refractivity contribution in [3.63, 3.8) is 0 Å². The number of nitrogens with two attached hydrogens (primary N) is 1. The zero-order valence-electron chi connectivity index (χ0n) is 10.3. The van der Waals surface area contributed by atoms with Gasteiger partial charge in [0, 0.05) is 17.9 Å². The Morgan fingerprint density at radius 2 is 2.25 bits per heavy atom. The molecule has 0 amide bonds. The molecule has 2 N–H and O–H groups in total. The summed E-state index contributed by atoms with van der Waals surface area (Å²) in [6.07, 6.45) is 7.18. The monoisotopic (exact) mass is 218 g/mol. The van der Waals surface area contributed by atoms with E-state index in [2.05, 4.69) is 24.0 Å². The van der Waals surface area contributed by atoms with Crippen molar-refractivity contribution in [1.29, 1.82) is 0 Å². The Morgan fingerprint density at radius 3 is 2.81 bits per heavy atom. The Balaban J connectivity index is 2.02. The second-order valence-corrected chi connectivity index (χ2v) is 5.11. The maximum Gasteiger partial charge on any atom is 0.0372 e. The van der Waals surface area contributed by atoms with Crippen LogP contribution in [0, 0.1) is 18.8 Å². The number of pyridine rings is 1. The van der Waals surface area contributed by atoms with Crippen LogP contribution in [0.25, 0.3) is 0 Å². The summed E-state index contributed by atoms with van der Waals surface area (Å²) in [5, 5.41) is 0. The Kier molecular flexibility index (Phi) is 3.59. The second-order valence-electron chi connectivity index (χ2n) is 5.11. The Labute approximate surface area is 98.3 Å². The van der Waals surface area contributed by atoms with Crippen LogP contribution >= 0.6 is 0 Å². The highest BCUT2D eigenvalue weighted by Gasteiger charge is 2.28. The van der Waals surface area contributed by atoms with E-state index in [9.17, 15) is 0 Å². The van der Waals surface area contributed by atoms with Crippen LogP contribution in [0.15, 0.2) is 18.3 Å². The predicted octanol–water partition coefficient (Wildman–Crippen LogP) is 3.22. The van der Waals surface area contributed by atoms with Gasteiger partial charge in [-0.25, -0.2) is 0 Å². The molecule has 1 aromatic rings. The van der Waals surface area contributed by atoms with Crippen molar-refractivity contribution in [1.82, 2.24) is 4.98 Å². The molecule has 88 valence electrons. The normalized spacial score (nSPS) is 26.9. The molecule has 1 saturated carbocycles. The lowest BCUT2D eigenvalue weighted by atomic mass is 9.92. The van der Waals surface area contributed by atoms with Crippen LogP contribution in [0.5, 0.6) is 0 Å². The van der Waals surface area contributed by atoms with Crippen molar-refractivity contribution in [2.45, 2.75) is 45.6 Å². The molecule has 1 heterocycles. The first-order valence-corrected chi connectivity index (χ1v) is 6.38. The summed E-state index contributed by atoms with van der Waals surface area (Å²) in [6, 6.07) is 4.37. The fourth-order valence-electron chi connectivity index (χ4n) is 2.76. The molecule has 0 bridgehead atoms. The van der Waals surface area contributed by atoms with Crippen LogP contribution in [0.1, 0.15) is 49.9 Å². The highest BCUT2D eigenvalue weighted by molar-refractivity contribution is 5.18. The minimum atomic E-state index is 0.185. The summed E-state index contributed by atoms with van der Waals surface area (Å²) < 4.78 is 0. The van der Waals surface area contributed by atoms with Crippen molar-refractivity contribution in [2.24, 2.45) is 17.6 Å². The molecule has 1 aliphatic rings. The summed E-state index contributed by atoms with van der Waals surface area (Å²) in [7, 11) is 0. The van der Waals surface area contributed by atoms with Gasteiger partial charge in [-0.3, -0.25) is 4.98 Å². The summed E-state index contributed by atoms with van der Waals surface area (Å²) in [5.74, 6) is 1.56. The molecule has 0 aliphatic heterocycles. The zero-order chi connectivity index (χ0) is 11.5. The first-order chi connectivity index (χ1) is 7.70. The molecule has 2 nitrogen and oxygen atoms in total. The maximum absolute atomic E-state index is 6.33. The Hall–Kier alpha value is -0.890. The van der Waals surface area contributed by atoms with E-state index < -0.39 is 0 Å². The molecule has 2 heteroatoms. The number of aromatic nitrogens is 1. The third kappa shape index (κ3) is 2.43. The van der Waals surface area contributed by atoms with Crippen molar-refractivity contribution >= 4 is 0 Å². The van der Waals surface area contributed by atoms with Gasteiger partial charge in [0.25, 0.3) is 0 Å². The van der Waals surface area contributed by atoms with E-state index in [0.29, 0.717) is 5.92 Å². The quantitative estimate of drug-likeness (QED) is 0.846. The average molecular weight is 218 g/mol. The minimum absolute atomic E-state index is 0.185. The molecule has 0 saturated heterocycles. The van der Waals surface area contributed by atoms with E-state index >= 15 is 0 Å². The molecule has 1 aromatic heterocycles. The number of hydrogen-bond donors (Lipinski definition) is 1. The van der Waals surface area contributed by atoms with Gasteiger partial charge >= 0.3 is 0 Å². The highest BCUT2D eigenvalue weighted by atomic mass is 14.7. The van der Waals surface area contributed by atoms with Crippen molar-refractivity contribution in [3.05, 3.63) is 29.6 Å². The molecule has 0 aromatic carbocycles. The summed E-state index contributed by atoms with van der Waals surface area (Å²) in [5.41, 5.74) is 8.59. The van der Waals surface area contributed by atoms with Crippen LogP contribution in [0.4, 0.5) is 0 Å². The van der Waals surface area contributed by atoms with E-state index in [1.807, 2.05) is 13.1 Å². The third-order valence-corrected chi connectivity index (χ3v) is 3.99. The fraction of sp³-hybridized carbons (Fsp3) is 0.643. The number of nitrogens with zero attached hydrogens (tertiary/aromatic N) is 1. The van der Waals surface area contributed by atoms with Crippen LogP contribution in [0.2, 0.25) is 0 Å². The molecule has 0 spiro atoms. The number of aryl methyl sites for hydroxylation is 1. The summed E-state index contributed by atoms with van der Waals surface area (Å²) in [6.45, 7) is 4.30. The first kappa shape index (κ1) is 11.6. The topological polar surface area (TPSA) is 38.9 Å². The zero-order valence-corrected chi connectivity index (χ0v) is 10.3. The maximum atomic E-state index is 6.33. The molecule has 0 radical (unpaired) electrons. The molecule has 3 unspecified atom stereocenters. The standard InChI is InChI=1S/C14H22N2/c1-3-11-5-7-12(8-11)14(15)13-6-4-10(2)16-9-13/h4,6,9,11-12,14H,3,5,7-8,15H2,1-2H3. The molecule has 1 aliphatic carbocycles. The predicted molar refractivity (Wildman–Crippen MR) is 67.0 cm³/mol. The van der Waals surface area contributed by atoms with Gasteiger partial charge in [0.1, 0.15) is 0 Å². The molecule has 1 fully saturated rings. The van der Waals surface area contributed by atoms with Gasteiger partial charge in [-0.05, 0) is 43.2 Å². The largest absolute Gasteiger partial charge is 0.324 e. The molecular formula is C14H22N2. The first-order valence-electron chi connectivity index (χ1n) is 6.38. The van der Waals surface area contributed by atoms with E-state index in [-0.39, 0.29) is 6.04 Å². The lowest BCUT2D eigenvalue weighted by Gasteiger charge is -2.19. The fourth-order valence-corrected chi connectivity index (χ4v) is 2.76. The van der Waals surface area contributed by atoms with E-state index in [1.165, 1.54) is 31.2 Å². The highest BCUT2D eigenvalue weighted by Crippen LogP contribution is 2.39. The van der Waals surface area contributed by atoms with Crippen LogP contribution in [0.3, 0.4) is 0 Å². The lowest BCUT2D eigenvalue weighted by molar-refractivity contribution is 0.415. The van der Waals surface area contributed by atoms with E-state index in [4.69, 9.17) is 5.73 Å². The van der Waals surface area contributed by atoms with Gasteiger partial charge in [-0.15, -0.1) is 0 Å². The third-order valence-electron chi connectivity index (χ3n) is 3.99. The molecule has 3 atom stereocenters. The molecule has 16 heavy (non-hydrogen) atoms. The van der Waals surface area contributed by atoms with Crippen molar-refractivity contribution in [3.8, 4) is 0 Å². The average Bonchev–Trinajstić information content (AvgIpc) is 2.77. The van der Waals surface area contributed by atoms with Crippen LogP contribution in [-0.4, -0.2) is 4.98 Å². The number of rotatable bonds is 3. The molecular weight excluding hydrogens is 196 g/mol. The second kappa shape index (κ2) is 4.96. The van der Waals surface area contributed by atoms with E-state index in [1.54, 1.807) is 0 Å². The lowest BCUT2D eigenvalue weighted by Crippen LogP contribution is -2.19. The van der Waals surface area contributed by atoms with Gasteiger partial charge < -0.3 is 5.73 Å². The minimum Gasteiger partial charge on any atom is -0.324 e. The Bertz CT molecular complexity index is 331. The number of hydrogen-bond acceptors (Lipinski definition) is 2. The van der Waals surface area contributed by atoms with Gasteiger partial charge in [0.05, 0.1) is 0 Å². The van der Waals surface area contributed by atoms with Crippen molar-refractivity contribution < 1.29 is 0 Å². The SMILES string of the molecule is CCC1CCC(C(N)c2ccc(C)nc2)C1. The van der Waals surface area contributed by atoms with Gasteiger partial charge in [0.15, 0.2) is 0 Å². The van der Waals surface area contributed by atoms with Crippen LogP contribution < -0.4 is 5.73 Å². The van der Waals surface area contributed by atoms with Gasteiger partial charge in [-0.1, -0.05) is 25.8 Å². The summed E-state index contributed by atoms with van der Waals surface area (Å²) >= 11 is 0. The molecule has 2 rings (SSSR count). The smallest absolute Gasteiger partial charge is 0.0372 e. The Morgan fingerprint density at radius 1 is 1.44 bits per heavy atom. The van der Waals surface area contributed by atoms with Gasteiger partial charge in [-0.2, -0.15) is 0 Å². The van der Waals surface area contributed by atoms with Gasteiger partial charge in [0.2, 0.25) is 0 Å². The van der Waals surface area contributed by atoms with Crippen molar-refractivity contribution in [2.75, 3.05) is 0 Å². The summed E-state index contributed by atoms with van der Waals surface area (Å²) in [4.78, 5) is 4.33. The van der Waals surface area contributed by atoms with Crippen LogP contribution in [-0.2, 0) is 0 Å². The van der Waals surface area contributed by atoms with E-state index in [0.717, 1.165) is 11.6 Å².